The van der Waals surface area contributed by atoms with Gasteiger partial charge in [0.25, 0.3) is 0 Å². The first-order valence-corrected chi connectivity index (χ1v) is 22.1. The molecule has 0 rings (SSSR count). The van der Waals surface area contributed by atoms with Gasteiger partial charge < -0.3 is 18.4 Å². The molecule has 0 aromatic heterocycles. The van der Waals surface area contributed by atoms with Gasteiger partial charge in [-0.15, -0.1) is 0 Å². The smallest absolute Gasteiger partial charge is 0.192 e. The minimum absolute atomic E-state index is 0.0365. The van der Waals surface area contributed by atoms with Crippen LogP contribution in [0, 0.1) is 11.8 Å². The predicted molar refractivity (Wildman–Crippen MR) is 157 cm³/mol. The Labute approximate surface area is 217 Å². The fraction of sp³-hybridized carbons (Fsp3) is 1.00. The highest BCUT2D eigenvalue weighted by Crippen LogP contribution is 2.43. The summed E-state index contributed by atoms with van der Waals surface area (Å²) in [6.45, 7) is 39.7. The molecule has 0 aromatic carbocycles. The van der Waals surface area contributed by atoms with E-state index in [1.807, 2.05) is 0 Å². The van der Waals surface area contributed by atoms with Gasteiger partial charge in [0.15, 0.2) is 25.0 Å². The van der Waals surface area contributed by atoms with E-state index >= 15 is 0 Å². The molecule has 0 unspecified atom stereocenters. The van der Waals surface area contributed by atoms with Gasteiger partial charge in [0.05, 0.1) is 12.2 Å². The maximum atomic E-state index is 10.2. The van der Waals surface area contributed by atoms with Crippen molar-refractivity contribution in [1.29, 1.82) is 0 Å². The summed E-state index contributed by atoms with van der Waals surface area (Å²) in [5.41, 5.74) is 0. The van der Waals surface area contributed by atoms with Gasteiger partial charge in [0, 0.05) is 25.0 Å². The first-order chi connectivity index (χ1) is 14.8. The second-order valence-corrected chi connectivity index (χ2v) is 29.5. The summed E-state index contributed by atoms with van der Waals surface area (Å²) in [5, 5.41) is 10.6. The quantitative estimate of drug-likeness (QED) is 0.255. The lowest BCUT2D eigenvalue weighted by atomic mass is 9.88. The monoisotopic (exact) mass is 534 g/mol. The van der Waals surface area contributed by atoms with Crippen LogP contribution in [0.4, 0.5) is 0 Å². The molecular formula is C27H62O4Si3. The van der Waals surface area contributed by atoms with E-state index in [2.05, 4.69) is 115 Å². The molecule has 0 fully saturated rings. The number of rotatable bonds is 12. The molecule has 0 spiro atoms. The fourth-order valence-corrected chi connectivity index (χ4v) is 7.19. The highest BCUT2D eigenvalue weighted by molar-refractivity contribution is 6.75. The van der Waals surface area contributed by atoms with E-state index in [0.717, 1.165) is 6.42 Å². The zero-order valence-electron chi connectivity index (χ0n) is 26.1. The molecule has 206 valence electrons. The number of aliphatic hydroxyl groups is 1. The van der Waals surface area contributed by atoms with Crippen molar-refractivity contribution in [1.82, 2.24) is 0 Å². The number of hydrogen-bond acceptors (Lipinski definition) is 4. The van der Waals surface area contributed by atoms with Crippen LogP contribution in [0.15, 0.2) is 0 Å². The maximum absolute atomic E-state index is 10.2. The Bertz CT molecular complexity index is 613. The molecule has 0 saturated carbocycles. The molecule has 4 nitrogen and oxygen atoms in total. The van der Waals surface area contributed by atoms with Crippen molar-refractivity contribution in [2.45, 2.75) is 149 Å². The van der Waals surface area contributed by atoms with Crippen molar-refractivity contribution in [2.24, 2.45) is 11.8 Å². The predicted octanol–water partition coefficient (Wildman–Crippen LogP) is 8.44. The van der Waals surface area contributed by atoms with E-state index in [1.165, 1.54) is 0 Å². The third-order valence-electron chi connectivity index (χ3n) is 9.11. The van der Waals surface area contributed by atoms with Crippen molar-refractivity contribution in [2.75, 3.05) is 13.2 Å². The standard InChI is InChI=1S/C27H62O4Si3/c1-21(20-28)24(31-34(16,17)27(9,10)11)22(2)23(30-33(14,15)26(6,7)8)18-19-29-32(12,13)25(3,4)5/h21-24,28H,18-20H2,1-17H3/t21-,22-,23-,24+/m0/s1. The van der Waals surface area contributed by atoms with Gasteiger partial charge in [0.2, 0.25) is 0 Å². The third-order valence-corrected chi connectivity index (χ3v) is 22.6. The lowest BCUT2D eigenvalue weighted by Crippen LogP contribution is -2.53. The Kier molecular flexibility index (Phi) is 12.1. The van der Waals surface area contributed by atoms with Gasteiger partial charge in [0.1, 0.15) is 0 Å². The van der Waals surface area contributed by atoms with Crippen LogP contribution in [0.3, 0.4) is 0 Å². The lowest BCUT2D eigenvalue weighted by Gasteiger charge is -2.46. The molecule has 0 radical (unpaired) electrons. The Morgan fingerprint density at radius 3 is 1.38 bits per heavy atom. The van der Waals surface area contributed by atoms with Gasteiger partial charge in [-0.3, -0.25) is 0 Å². The van der Waals surface area contributed by atoms with Crippen LogP contribution < -0.4 is 0 Å². The molecule has 0 aliphatic heterocycles. The van der Waals surface area contributed by atoms with Gasteiger partial charge in [-0.1, -0.05) is 76.2 Å². The normalized spacial score (nSPS) is 18.5. The van der Waals surface area contributed by atoms with E-state index in [-0.39, 0.29) is 45.8 Å². The summed E-state index contributed by atoms with van der Waals surface area (Å²) in [5.74, 6) is 0.212. The van der Waals surface area contributed by atoms with Crippen LogP contribution >= 0.6 is 0 Å². The maximum Gasteiger partial charge on any atom is 0.192 e. The van der Waals surface area contributed by atoms with Gasteiger partial charge in [-0.25, -0.2) is 0 Å². The van der Waals surface area contributed by atoms with E-state index < -0.39 is 25.0 Å². The largest absolute Gasteiger partial charge is 0.417 e. The summed E-state index contributed by atoms with van der Waals surface area (Å²) in [6, 6.07) is 0. The average molecular weight is 535 g/mol. The molecule has 0 heterocycles. The van der Waals surface area contributed by atoms with Crippen LogP contribution in [-0.2, 0) is 13.3 Å². The van der Waals surface area contributed by atoms with Crippen molar-refractivity contribution < 1.29 is 18.4 Å². The molecule has 1 N–H and O–H groups in total. The number of aliphatic hydroxyl groups excluding tert-OH is 1. The molecule has 0 bridgehead atoms. The Balaban J connectivity index is 6.05. The van der Waals surface area contributed by atoms with Gasteiger partial charge in [-0.05, 0) is 60.8 Å². The van der Waals surface area contributed by atoms with Gasteiger partial charge in [-0.2, -0.15) is 0 Å². The van der Waals surface area contributed by atoms with Crippen molar-refractivity contribution in [3.05, 3.63) is 0 Å². The summed E-state index contributed by atoms with van der Waals surface area (Å²) in [7, 11) is -5.85. The highest BCUT2D eigenvalue weighted by Gasteiger charge is 2.45. The highest BCUT2D eigenvalue weighted by atomic mass is 28.4. The summed E-state index contributed by atoms with van der Waals surface area (Å²) < 4.78 is 20.6. The van der Waals surface area contributed by atoms with Crippen LogP contribution in [0.5, 0.6) is 0 Å². The van der Waals surface area contributed by atoms with Crippen LogP contribution in [0.1, 0.15) is 82.6 Å². The topological polar surface area (TPSA) is 47.9 Å². The molecule has 0 aliphatic rings. The molecule has 34 heavy (non-hydrogen) atoms. The first-order valence-electron chi connectivity index (χ1n) is 13.4. The van der Waals surface area contributed by atoms with E-state index in [9.17, 15) is 5.11 Å². The number of hydrogen-bond donors (Lipinski definition) is 1. The zero-order valence-corrected chi connectivity index (χ0v) is 29.1. The summed E-state index contributed by atoms with van der Waals surface area (Å²) in [6.07, 6.45) is 0.846. The van der Waals surface area contributed by atoms with E-state index in [4.69, 9.17) is 13.3 Å². The molecule has 4 atom stereocenters. The van der Waals surface area contributed by atoms with E-state index in [1.54, 1.807) is 0 Å². The molecule has 0 amide bonds. The molecule has 0 aliphatic carbocycles. The summed E-state index contributed by atoms with van der Waals surface area (Å²) in [4.78, 5) is 0. The van der Waals surface area contributed by atoms with Crippen LogP contribution in [-0.4, -0.2) is 55.5 Å². The zero-order chi connectivity index (χ0) is 27.6. The van der Waals surface area contributed by atoms with Crippen LogP contribution in [0.2, 0.25) is 54.4 Å². The van der Waals surface area contributed by atoms with Crippen molar-refractivity contribution in [3.63, 3.8) is 0 Å². The Morgan fingerprint density at radius 2 is 1.03 bits per heavy atom. The average Bonchev–Trinajstić information content (AvgIpc) is 2.61. The fourth-order valence-electron chi connectivity index (χ4n) is 3.21. The molecule has 0 saturated heterocycles. The Morgan fingerprint density at radius 1 is 0.647 bits per heavy atom. The van der Waals surface area contributed by atoms with Gasteiger partial charge >= 0.3 is 0 Å². The molecule has 7 heteroatoms. The minimum Gasteiger partial charge on any atom is -0.417 e. The Hall–Kier alpha value is 0.491. The molecule has 0 aromatic rings. The molecular weight excluding hydrogens is 473 g/mol. The second kappa shape index (κ2) is 11.9. The third kappa shape index (κ3) is 9.42. The second-order valence-electron chi connectivity index (χ2n) is 15.2. The summed E-state index contributed by atoms with van der Waals surface area (Å²) >= 11 is 0. The SMILES string of the molecule is C[C@H]([C@H](O[Si](C)(C)C(C)(C)C)[C@@H](C)CO)[C@H](CCO[Si](C)(C)C(C)(C)C)O[Si](C)(C)C(C)(C)C. The van der Waals surface area contributed by atoms with Crippen molar-refractivity contribution >= 4 is 25.0 Å². The lowest BCUT2D eigenvalue weighted by molar-refractivity contribution is -0.0139. The first kappa shape index (κ1) is 34.5. The van der Waals surface area contributed by atoms with E-state index in [0.29, 0.717) is 6.61 Å². The van der Waals surface area contributed by atoms with Crippen LogP contribution in [0.25, 0.3) is 0 Å². The minimum atomic E-state index is -2.02. The van der Waals surface area contributed by atoms with Crippen molar-refractivity contribution in [3.8, 4) is 0 Å².